The highest BCUT2D eigenvalue weighted by atomic mass is 35.5. The van der Waals surface area contributed by atoms with Gasteiger partial charge in [-0.25, -0.2) is 4.39 Å². The minimum absolute atomic E-state index is 0.00607. The highest BCUT2D eigenvalue weighted by Crippen LogP contribution is 2.37. The highest BCUT2D eigenvalue weighted by molar-refractivity contribution is 6.32. The Morgan fingerprint density at radius 2 is 2.10 bits per heavy atom. The molecule has 0 heterocycles. The van der Waals surface area contributed by atoms with E-state index >= 15 is 0 Å². The first-order valence-electron chi connectivity index (χ1n) is 9.67. The monoisotopic (exact) mass is 428 g/mol. The molecule has 1 amide bonds. The molecule has 0 saturated heterocycles. The van der Waals surface area contributed by atoms with Crippen molar-refractivity contribution in [3.63, 3.8) is 0 Å². The molecule has 0 atom stereocenters. The molecular formula is C23H22ClFN2O3. The second-order valence-electron chi connectivity index (χ2n) is 7.08. The Kier molecular flexibility index (Phi) is 7.31. The van der Waals surface area contributed by atoms with Gasteiger partial charge in [-0.1, -0.05) is 36.6 Å². The standard InChI is InChI=1S/C23H22ClFN2O3/c1-29-21-12-16(9-17(13-26)23(28)27-19-7-2-3-8-19)11-20(24)22(21)30-14-15-5-4-6-18(25)10-15/h4-6,9-12,19H,2-3,7-8,14H2,1H3,(H,27,28)/b17-9-. The van der Waals surface area contributed by atoms with Gasteiger partial charge in [0.25, 0.3) is 5.91 Å². The van der Waals surface area contributed by atoms with Gasteiger partial charge in [0, 0.05) is 6.04 Å². The van der Waals surface area contributed by atoms with Crippen molar-refractivity contribution < 1.29 is 18.7 Å². The molecule has 1 N–H and O–H groups in total. The van der Waals surface area contributed by atoms with Crippen molar-refractivity contribution in [1.82, 2.24) is 5.32 Å². The molecule has 0 radical (unpaired) electrons. The topological polar surface area (TPSA) is 71.3 Å². The Labute approximate surface area is 180 Å². The fraction of sp³-hybridized carbons (Fsp3) is 0.304. The largest absolute Gasteiger partial charge is 0.493 e. The second-order valence-corrected chi connectivity index (χ2v) is 7.48. The minimum atomic E-state index is -0.397. The summed E-state index contributed by atoms with van der Waals surface area (Å²) < 4.78 is 24.4. The minimum Gasteiger partial charge on any atom is -0.493 e. The summed E-state index contributed by atoms with van der Waals surface area (Å²) in [4.78, 5) is 12.4. The van der Waals surface area contributed by atoms with Crippen molar-refractivity contribution in [3.8, 4) is 17.6 Å². The molecule has 1 aliphatic rings. The van der Waals surface area contributed by atoms with Crippen molar-refractivity contribution in [3.05, 3.63) is 63.9 Å². The normalized spacial score (nSPS) is 14.3. The van der Waals surface area contributed by atoms with Gasteiger partial charge in [0.1, 0.15) is 24.1 Å². The zero-order chi connectivity index (χ0) is 21.5. The lowest BCUT2D eigenvalue weighted by Gasteiger charge is -2.14. The van der Waals surface area contributed by atoms with Crippen molar-refractivity contribution in [2.75, 3.05) is 7.11 Å². The van der Waals surface area contributed by atoms with Crippen LogP contribution in [0, 0.1) is 17.1 Å². The smallest absolute Gasteiger partial charge is 0.262 e. The fourth-order valence-corrected chi connectivity index (χ4v) is 3.67. The molecule has 30 heavy (non-hydrogen) atoms. The van der Waals surface area contributed by atoms with Gasteiger partial charge in [0.15, 0.2) is 11.5 Å². The summed E-state index contributed by atoms with van der Waals surface area (Å²) in [6.45, 7) is 0.107. The molecule has 7 heteroatoms. The number of methoxy groups -OCH3 is 1. The molecule has 0 aliphatic heterocycles. The SMILES string of the molecule is COc1cc(/C=C(/C#N)C(=O)NC2CCCC2)cc(Cl)c1OCc1cccc(F)c1. The Morgan fingerprint density at radius 3 is 2.77 bits per heavy atom. The molecule has 1 aliphatic carbocycles. The number of nitriles is 1. The molecule has 1 saturated carbocycles. The molecule has 156 valence electrons. The number of hydrogen-bond donors (Lipinski definition) is 1. The van der Waals surface area contributed by atoms with Crippen LogP contribution in [-0.2, 0) is 11.4 Å². The third kappa shape index (κ3) is 5.52. The summed E-state index contributed by atoms with van der Waals surface area (Å²) in [7, 11) is 1.46. The second kappa shape index (κ2) is 10.1. The summed E-state index contributed by atoms with van der Waals surface area (Å²) in [5.41, 5.74) is 1.17. The zero-order valence-electron chi connectivity index (χ0n) is 16.6. The molecule has 0 aromatic heterocycles. The Bertz CT molecular complexity index is 994. The van der Waals surface area contributed by atoms with Gasteiger partial charge in [-0.3, -0.25) is 4.79 Å². The Hall–Kier alpha value is -3.04. The number of rotatable bonds is 7. The summed E-state index contributed by atoms with van der Waals surface area (Å²) in [6, 6.07) is 11.3. The van der Waals surface area contributed by atoms with E-state index in [9.17, 15) is 14.4 Å². The molecule has 2 aromatic rings. The van der Waals surface area contributed by atoms with Crippen LogP contribution in [0.4, 0.5) is 4.39 Å². The predicted molar refractivity (Wildman–Crippen MR) is 113 cm³/mol. The maximum absolute atomic E-state index is 13.3. The van der Waals surface area contributed by atoms with Gasteiger partial charge in [-0.05, 0) is 54.3 Å². The Morgan fingerprint density at radius 1 is 1.33 bits per heavy atom. The van der Waals surface area contributed by atoms with Crippen LogP contribution < -0.4 is 14.8 Å². The number of halogens is 2. The summed E-state index contributed by atoms with van der Waals surface area (Å²) in [6.07, 6.45) is 5.50. The van der Waals surface area contributed by atoms with Gasteiger partial charge >= 0.3 is 0 Å². The van der Waals surface area contributed by atoms with Gasteiger partial charge in [-0.2, -0.15) is 5.26 Å². The lowest BCUT2D eigenvalue weighted by molar-refractivity contribution is -0.117. The number of hydrogen-bond acceptors (Lipinski definition) is 4. The number of carbonyl (C=O) groups is 1. The highest BCUT2D eigenvalue weighted by Gasteiger charge is 2.20. The van der Waals surface area contributed by atoms with E-state index in [0.29, 0.717) is 22.6 Å². The summed E-state index contributed by atoms with van der Waals surface area (Å²) in [5, 5.41) is 12.6. The van der Waals surface area contributed by atoms with Crippen LogP contribution in [0.5, 0.6) is 11.5 Å². The lowest BCUT2D eigenvalue weighted by atomic mass is 10.1. The van der Waals surface area contributed by atoms with Crippen molar-refractivity contribution in [2.45, 2.75) is 38.3 Å². The van der Waals surface area contributed by atoms with Crippen LogP contribution in [-0.4, -0.2) is 19.1 Å². The molecular weight excluding hydrogens is 407 g/mol. The van der Waals surface area contributed by atoms with Crippen LogP contribution in [0.25, 0.3) is 6.08 Å². The first-order chi connectivity index (χ1) is 14.5. The number of ether oxygens (including phenoxy) is 2. The third-order valence-corrected chi connectivity index (χ3v) is 5.17. The van der Waals surface area contributed by atoms with Gasteiger partial charge < -0.3 is 14.8 Å². The van der Waals surface area contributed by atoms with Crippen molar-refractivity contribution >= 4 is 23.6 Å². The number of amides is 1. The van der Waals surface area contributed by atoms with E-state index in [1.165, 1.54) is 25.3 Å². The van der Waals surface area contributed by atoms with E-state index in [1.54, 1.807) is 24.3 Å². The van der Waals surface area contributed by atoms with E-state index in [-0.39, 0.29) is 29.1 Å². The quantitative estimate of drug-likeness (QED) is 0.495. The maximum atomic E-state index is 13.3. The molecule has 2 aromatic carbocycles. The fourth-order valence-electron chi connectivity index (χ4n) is 3.39. The predicted octanol–water partition coefficient (Wildman–Crippen LogP) is 5.03. The van der Waals surface area contributed by atoms with Crippen LogP contribution in [0.2, 0.25) is 5.02 Å². The summed E-state index contributed by atoms with van der Waals surface area (Å²) >= 11 is 6.36. The number of carbonyl (C=O) groups excluding carboxylic acids is 1. The zero-order valence-corrected chi connectivity index (χ0v) is 17.3. The number of nitrogens with zero attached hydrogens (tertiary/aromatic N) is 1. The van der Waals surface area contributed by atoms with Crippen LogP contribution in [0.15, 0.2) is 42.0 Å². The molecule has 0 bridgehead atoms. The summed E-state index contributed by atoms with van der Waals surface area (Å²) in [5.74, 6) is -0.103. The number of benzene rings is 2. The molecule has 0 unspecified atom stereocenters. The van der Waals surface area contributed by atoms with Crippen LogP contribution in [0.1, 0.15) is 36.8 Å². The van der Waals surface area contributed by atoms with Crippen LogP contribution in [0.3, 0.4) is 0 Å². The first-order valence-corrected chi connectivity index (χ1v) is 10.1. The van der Waals surface area contributed by atoms with Gasteiger partial charge in [-0.15, -0.1) is 0 Å². The van der Waals surface area contributed by atoms with E-state index in [4.69, 9.17) is 21.1 Å². The molecule has 1 fully saturated rings. The van der Waals surface area contributed by atoms with E-state index < -0.39 is 5.91 Å². The van der Waals surface area contributed by atoms with Crippen molar-refractivity contribution in [2.24, 2.45) is 0 Å². The van der Waals surface area contributed by atoms with Gasteiger partial charge in [0.05, 0.1) is 12.1 Å². The van der Waals surface area contributed by atoms with Gasteiger partial charge in [0.2, 0.25) is 0 Å². The molecule has 0 spiro atoms. The van der Waals surface area contributed by atoms with E-state index in [0.717, 1.165) is 25.7 Å². The average Bonchev–Trinajstić information content (AvgIpc) is 3.23. The lowest BCUT2D eigenvalue weighted by Crippen LogP contribution is -2.33. The van der Waals surface area contributed by atoms with E-state index in [2.05, 4.69) is 5.32 Å². The van der Waals surface area contributed by atoms with E-state index in [1.807, 2.05) is 6.07 Å². The van der Waals surface area contributed by atoms with Crippen LogP contribution >= 0.6 is 11.6 Å². The molecule has 3 rings (SSSR count). The Balaban J connectivity index is 1.78. The molecule has 5 nitrogen and oxygen atoms in total. The third-order valence-electron chi connectivity index (χ3n) is 4.89. The van der Waals surface area contributed by atoms with Crippen molar-refractivity contribution in [1.29, 1.82) is 5.26 Å². The maximum Gasteiger partial charge on any atom is 0.262 e. The average molecular weight is 429 g/mol. The number of nitrogens with one attached hydrogen (secondary N) is 1. The first kappa shape index (κ1) is 21.7.